The summed E-state index contributed by atoms with van der Waals surface area (Å²) in [6.07, 6.45) is 5.81. The first-order chi connectivity index (χ1) is 18.4. The summed E-state index contributed by atoms with van der Waals surface area (Å²) in [4.78, 5) is 31.5. The van der Waals surface area contributed by atoms with Gasteiger partial charge in [0.15, 0.2) is 0 Å². The highest BCUT2D eigenvalue weighted by molar-refractivity contribution is 7.18. The zero-order valence-corrected chi connectivity index (χ0v) is 24.4. The maximum atomic E-state index is 13.7. The number of hydrogen-bond acceptors (Lipinski definition) is 8. The van der Waals surface area contributed by atoms with Crippen LogP contribution in [-0.2, 0) is 19.1 Å². The number of fused-ring (bicyclic) bond motifs is 2. The van der Waals surface area contributed by atoms with Crippen LogP contribution in [0.15, 0.2) is 18.2 Å². The van der Waals surface area contributed by atoms with E-state index < -0.39 is 35.6 Å². The Morgan fingerprint density at radius 1 is 1.23 bits per heavy atom. The second-order valence-electron chi connectivity index (χ2n) is 12.1. The van der Waals surface area contributed by atoms with E-state index in [0.29, 0.717) is 19.3 Å². The van der Waals surface area contributed by atoms with E-state index in [0.717, 1.165) is 40.1 Å². The van der Waals surface area contributed by atoms with Gasteiger partial charge in [0.1, 0.15) is 11.9 Å². The van der Waals surface area contributed by atoms with Crippen LogP contribution in [-0.4, -0.2) is 50.9 Å². The molecule has 4 rings (SSSR count). The van der Waals surface area contributed by atoms with Crippen LogP contribution in [0.1, 0.15) is 89.3 Å². The molecule has 7 nitrogen and oxygen atoms in total. The van der Waals surface area contributed by atoms with Crippen LogP contribution in [0, 0.1) is 36.5 Å². The zero-order valence-electron chi connectivity index (χ0n) is 23.6. The highest BCUT2D eigenvalue weighted by Gasteiger charge is 2.53. The maximum absolute atomic E-state index is 13.7. The molecule has 0 radical (unpaired) electrons. The largest absolute Gasteiger partial charge is 0.457 e. The van der Waals surface area contributed by atoms with Crippen LogP contribution >= 0.6 is 11.3 Å². The Labute approximate surface area is 235 Å². The van der Waals surface area contributed by atoms with Crippen molar-refractivity contribution in [3.63, 3.8) is 0 Å². The normalized spacial score (nSPS) is 34.2. The van der Waals surface area contributed by atoms with Gasteiger partial charge in [-0.1, -0.05) is 33.3 Å². The fourth-order valence-electron chi connectivity index (χ4n) is 5.81. The number of Topliss-reactive ketones (excluding diaryl/α,β-unsaturated/α-hetero) is 1. The van der Waals surface area contributed by atoms with Gasteiger partial charge in [-0.05, 0) is 56.7 Å². The van der Waals surface area contributed by atoms with Gasteiger partial charge in [0.05, 0.1) is 51.0 Å². The number of nitrogens with zero attached hydrogens (tertiary/aromatic N) is 1. The molecule has 212 valence electrons. The highest BCUT2D eigenvalue weighted by Crippen LogP contribution is 2.47. The number of thiazole rings is 1. The molecular weight excluding hydrogens is 514 g/mol. The van der Waals surface area contributed by atoms with Crippen molar-refractivity contribution in [1.82, 2.24) is 4.98 Å². The first-order valence-electron chi connectivity index (χ1n) is 13.9. The summed E-state index contributed by atoms with van der Waals surface area (Å²) in [5.74, 6) is 0.820. The number of aromatic nitrogens is 1. The zero-order chi connectivity index (χ0) is 28.5. The number of esters is 1. The van der Waals surface area contributed by atoms with E-state index in [9.17, 15) is 19.8 Å². The topological polar surface area (TPSA) is 109 Å². The van der Waals surface area contributed by atoms with Crippen LogP contribution in [0.3, 0.4) is 0 Å². The van der Waals surface area contributed by atoms with Crippen LogP contribution in [0.4, 0.5) is 0 Å². The lowest BCUT2D eigenvalue weighted by Crippen LogP contribution is -2.46. The average molecular weight is 556 g/mol. The Bertz CT molecular complexity index is 1250. The van der Waals surface area contributed by atoms with Gasteiger partial charge >= 0.3 is 5.97 Å². The molecule has 0 unspecified atom stereocenters. The molecular formula is C31H41NO6S. The number of aliphatic hydroxyl groups is 2. The molecule has 1 aromatic heterocycles. The van der Waals surface area contributed by atoms with Gasteiger partial charge in [0.25, 0.3) is 0 Å². The Kier molecular flexibility index (Phi) is 8.87. The van der Waals surface area contributed by atoms with Gasteiger partial charge in [-0.25, -0.2) is 4.98 Å². The second kappa shape index (κ2) is 11.7. The number of ether oxygens (including phenoxy) is 2. The van der Waals surface area contributed by atoms with Gasteiger partial charge in [-0.2, -0.15) is 0 Å². The molecule has 2 aliphatic rings. The Hall–Kier alpha value is -2.31. The summed E-state index contributed by atoms with van der Waals surface area (Å²) in [5, 5.41) is 23.3. The van der Waals surface area contributed by atoms with Crippen molar-refractivity contribution in [3.8, 4) is 12.3 Å². The standard InChI is InChI=1S/C31H41NO6S/c1-7-8-11-21-28(35)18(2)10-9-14-31(6)26(38-31)16-23(20-12-13-24-22(15-20)32-19(3)39-24)37-27(34)17-25(33)30(4,5)29(21)36/h1,12-13,15,18,21,23,25-26,28,33,35H,8-11,14,16-17H2,2-6H3/t18-,21+,23-,25-,26-,28-,31+/m0/s1. The van der Waals surface area contributed by atoms with Crippen LogP contribution in [0.5, 0.6) is 0 Å². The fraction of sp³-hybridized carbons (Fsp3) is 0.645. The molecule has 1 aromatic carbocycles. The van der Waals surface area contributed by atoms with Crippen molar-refractivity contribution in [2.45, 2.75) is 110 Å². The van der Waals surface area contributed by atoms with Crippen molar-refractivity contribution in [2.24, 2.45) is 17.3 Å². The monoisotopic (exact) mass is 555 g/mol. The molecule has 2 aromatic rings. The van der Waals surface area contributed by atoms with E-state index >= 15 is 0 Å². The number of epoxide rings is 1. The molecule has 0 amide bonds. The van der Waals surface area contributed by atoms with Crippen molar-refractivity contribution >= 4 is 33.3 Å². The summed E-state index contributed by atoms with van der Waals surface area (Å²) >= 11 is 1.61. The van der Waals surface area contributed by atoms with Crippen LogP contribution in [0.25, 0.3) is 10.2 Å². The summed E-state index contributed by atoms with van der Waals surface area (Å²) in [5.41, 5.74) is 0.0697. The molecule has 2 fully saturated rings. The molecule has 0 saturated carbocycles. The lowest BCUT2D eigenvalue weighted by Gasteiger charge is -2.36. The third kappa shape index (κ3) is 6.54. The molecule has 3 heterocycles. The van der Waals surface area contributed by atoms with Crippen LogP contribution in [0.2, 0.25) is 0 Å². The number of ketones is 1. The van der Waals surface area contributed by atoms with Crippen molar-refractivity contribution in [1.29, 1.82) is 0 Å². The maximum Gasteiger partial charge on any atom is 0.309 e. The van der Waals surface area contributed by atoms with Gasteiger partial charge in [0.2, 0.25) is 0 Å². The summed E-state index contributed by atoms with van der Waals surface area (Å²) in [6, 6.07) is 5.91. The fourth-order valence-corrected chi connectivity index (χ4v) is 6.62. The number of terminal acetylenes is 1. The van der Waals surface area contributed by atoms with E-state index in [2.05, 4.69) is 17.8 Å². The van der Waals surface area contributed by atoms with Crippen molar-refractivity contribution < 1.29 is 29.3 Å². The number of aliphatic hydroxyl groups excluding tert-OH is 2. The molecule has 7 atom stereocenters. The number of carbonyl (C=O) groups is 2. The predicted octanol–water partition coefficient (Wildman–Crippen LogP) is 5.29. The van der Waals surface area contributed by atoms with Gasteiger partial charge in [-0.15, -0.1) is 23.7 Å². The van der Waals surface area contributed by atoms with E-state index in [-0.39, 0.29) is 29.8 Å². The predicted molar refractivity (Wildman–Crippen MR) is 151 cm³/mol. The molecule has 8 heteroatoms. The summed E-state index contributed by atoms with van der Waals surface area (Å²) in [6.45, 7) is 9.22. The van der Waals surface area contributed by atoms with Crippen LogP contribution < -0.4 is 0 Å². The minimum atomic E-state index is -1.28. The number of hydrogen-bond donors (Lipinski definition) is 2. The number of rotatable bonds is 3. The lowest BCUT2D eigenvalue weighted by molar-refractivity contribution is -0.156. The average Bonchev–Trinajstić information content (AvgIpc) is 3.34. The Morgan fingerprint density at radius 2 is 1.97 bits per heavy atom. The van der Waals surface area contributed by atoms with E-state index in [1.807, 2.05) is 32.0 Å². The third-order valence-corrected chi connectivity index (χ3v) is 9.67. The quantitative estimate of drug-likeness (QED) is 0.301. The molecule has 0 bridgehead atoms. The molecule has 39 heavy (non-hydrogen) atoms. The molecule has 2 aliphatic heterocycles. The van der Waals surface area contributed by atoms with Crippen molar-refractivity contribution in [3.05, 3.63) is 28.8 Å². The minimum Gasteiger partial charge on any atom is -0.457 e. The van der Waals surface area contributed by atoms with Gasteiger partial charge in [-0.3, -0.25) is 9.59 Å². The molecule has 2 saturated heterocycles. The second-order valence-corrected chi connectivity index (χ2v) is 13.3. The lowest BCUT2D eigenvalue weighted by atomic mass is 9.71. The van der Waals surface area contributed by atoms with E-state index in [1.165, 1.54) is 0 Å². The Balaban J connectivity index is 1.63. The first-order valence-corrected chi connectivity index (χ1v) is 14.8. The third-order valence-electron chi connectivity index (χ3n) is 8.72. The Morgan fingerprint density at radius 3 is 2.69 bits per heavy atom. The smallest absolute Gasteiger partial charge is 0.309 e. The van der Waals surface area contributed by atoms with E-state index in [4.69, 9.17) is 15.9 Å². The highest BCUT2D eigenvalue weighted by atomic mass is 32.1. The molecule has 0 aliphatic carbocycles. The number of carbonyl (C=O) groups excluding carboxylic acids is 2. The molecule has 2 N–H and O–H groups in total. The van der Waals surface area contributed by atoms with Gasteiger partial charge < -0.3 is 19.7 Å². The summed E-state index contributed by atoms with van der Waals surface area (Å²) < 4.78 is 13.2. The number of cyclic esters (lactones) is 1. The SMILES string of the molecule is C#CCC[C@H]1C(=O)C(C)(C)[C@@H](O)CC(=O)O[C@H](c2ccc3sc(C)nc3c2)C[C@@H]2O[C@]2(C)CCC[C@H](C)[C@@H]1O. The number of benzene rings is 1. The minimum absolute atomic E-state index is 0.0809. The number of aryl methyl sites for hydroxylation is 1. The van der Waals surface area contributed by atoms with E-state index in [1.54, 1.807) is 25.2 Å². The first kappa shape index (κ1) is 29.7. The van der Waals surface area contributed by atoms with Gasteiger partial charge in [0, 0.05) is 18.8 Å². The summed E-state index contributed by atoms with van der Waals surface area (Å²) in [7, 11) is 0. The molecule has 0 spiro atoms. The van der Waals surface area contributed by atoms with Crippen molar-refractivity contribution in [2.75, 3.05) is 0 Å².